The highest BCUT2D eigenvalue weighted by molar-refractivity contribution is 5.88. The first-order valence-electron chi connectivity index (χ1n) is 9.01. The Kier molecular flexibility index (Phi) is 5.60. The van der Waals surface area contributed by atoms with Crippen LogP contribution in [0.25, 0.3) is 10.9 Å². The zero-order valence-electron chi connectivity index (χ0n) is 15.8. The fourth-order valence-corrected chi connectivity index (χ4v) is 3.03. The highest BCUT2D eigenvalue weighted by Gasteiger charge is 2.14. The molecule has 3 rings (SSSR count). The highest BCUT2D eigenvalue weighted by Crippen LogP contribution is 2.19. The number of aromatic amines is 1. The number of carbonyl (C=O) groups is 2. The van der Waals surface area contributed by atoms with Crippen LogP contribution in [0.2, 0.25) is 0 Å². The molecule has 2 N–H and O–H groups in total. The van der Waals surface area contributed by atoms with Crippen molar-refractivity contribution in [1.29, 1.82) is 0 Å². The molecule has 2 aromatic carbocycles. The van der Waals surface area contributed by atoms with Gasteiger partial charge in [-0.1, -0.05) is 36.4 Å². The van der Waals surface area contributed by atoms with Crippen LogP contribution >= 0.6 is 0 Å². The molecule has 0 aliphatic carbocycles. The smallest absolute Gasteiger partial charge is 0.310 e. The van der Waals surface area contributed by atoms with Crippen molar-refractivity contribution in [3.63, 3.8) is 0 Å². The monoisotopic (exact) mass is 364 g/mol. The molecule has 27 heavy (non-hydrogen) atoms. The minimum Gasteiger partial charge on any atom is -0.455 e. The van der Waals surface area contributed by atoms with E-state index in [0.717, 1.165) is 22.0 Å². The fraction of sp³-hybridized carbons (Fsp3) is 0.273. The number of para-hydroxylation sites is 1. The molecule has 1 heterocycles. The van der Waals surface area contributed by atoms with Crippen molar-refractivity contribution < 1.29 is 14.3 Å². The number of amides is 1. The van der Waals surface area contributed by atoms with E-state index in [9.17, 15) is 9.59 Å². The van der Waals surface area contributed by atoms with Gasteiger partial charge in [0.05, 0.1) is 12.5 Å². The summed E-state index contributed by atoms with van der Waals surface area (Å²) in [5.74, 6) is -0.734. The average Bonchev–Trinajstić information content (AvgIpc) is 3.05. The summed E-state index contributed by atoms with van der Waals surface area (Å²) < 4.78 is 5.14. The van der Waals surface area contributed by atoms with Gasteiger partial charge < -0.3 is 15.0 Å². The molecule has 0 aliphatic heterocycles. The normalized spacial score (nSPS) is 12.0. The van der Waals surface area contributed by atoms with E-state index in [1.54, 1.807) is 6.20 Å². The quantitative estimate of drug-likeness (QED) is 0.655. The second-order valence-electron chi connectivity index (χ2n) is 6.83. The number of H-pyrrole nitrogens is 1. The molecule has 5 heteroatoms. The zero-order chi connectivity index (χ0) is 19.4. The summed E-state index contributed by atoms with van der Waals surface area (Å²) in [7, 11) is 0. The number of hydrogen-bond donors (Lipinski definition) is 2. The van der Waals surface area contributed by atoms with Crippen molar-refractivity contribution in [1.82, 2.24) is 10.3 Å². The third-order valence-corrected chi connectivity index (χ3v) is 4.78. The van der Waals surface area contributed by atoms with Crippen LogP contribution < -0.4 is 5.32 Å². The molecule has 1 atom stereocenters. The number of carbonyl (C=O) groups excluding carboxylic acids is 2. The van der Waals surface area contributed by atoms with Crippen LogP contribution in [0.15, 0.2) is 48.7 Å². The molecule has 0 saturated carbocycles. The number of esters is 1. The number of nitrogens with one attached hydrogen (secondary N) is 2. The lowest BCUT2D eigenvalue weighted by Crippen LogP contribution is -2.31. The molecule has 5 nitrogen and oxygen atoms in total. The van der Waals surface area contributed by atoms with Gasteiger partial charge in [0.15, 0.2) is 6.61 Å². The standard InChI is InChI=1S/C22H24N2O3/c1-14-8-9-17(10-15(14)2)16(3)24-21(25)13-27-22(26)11-18-12-23-20-7-5-4-6-19(18)20/h4-10,12,16,23H,11,13H2,1-3H3,(H,24,25)/t16-/m1/s1. The molecule has 0 radical (unpaired) electrons. The number of rotatable bonds is 6. The van der Waals surface area contributed by atoms with E-state index in [0.29, 0.717) is 0 Å². The van der Waals surface area contributed by atoms with Crippen LogP contribution in [0.5, 0.6) is 0 Å². The fourth-order valence-electron chi connectivity index (χ4n) is 3.03. The summed E-state index contributed by atoms with van der Waals surface area (Å²) in [4.78, 5) is 27.3. The molecule has 1 amide bonds. The molecule has 0 fully saturated rings. The lowest BCUT2D eigenvalue weighted by atomic mass is 10.0. The highest BCUT2D eigenvalue weighted by atomic mass is 16.5. The van der Waals surface area contributed by atoms with E-state index in [2.05, 4.69) is 23.3 Å². The van der Waals surface area contributed by atoms with Gasteiger partial charge in [-0.2, -0.15) is 0 Å². The summed E-state index contributed by atoms with van der Waals surface area (Å²) in [6.45, 7) is 5.72. The average molecular weight is 364 g/mol. The van der Waals surface area contributed by atoms with Gasteiger partial charge in [0, 0.05) is 17.1 Å². The van der Waals surface area contributed by atoms with E-state index in [1.165, 1.54) is 11.1 Å². The Hall–Kier alpha value is -3.08. The molecule has 0 saturated heterocycles. The van der Waals surface area contributed by atoms with Crippen LogP contribution in [-0.4, -0.2) is 23.5 Å². The van der Waals surface area contributed by atoms with Gasteiger partial charge in [-0.3, -0.25) is 9.59 Å². The molecule has 0 spiro atoms. The molecule has 140 valence electrons. The molecule has 0 bridgehead atoms. The summed E-state index contributed by atoms with van der Waals surface area (Å²) in [5, 5.41) is 3.85. The Morgan fingerprint density at radius 1 is 1.11 bits per heavy atom. The van der Waals surface area contributed by atoms with Gasteiger partial charge in [-0.05, 0) is 49.1 Å². The maximum Gasteiger partial charge on any atom is 0.310 e. The summed E-state index contributed by atoms with van der Waals surface area (Å²) in [5.41, 5.74) is 5.25. The van der Waals surface area contributed by atoms with Crippen LogP contribution in [0.1, 0.15) is 35.2 Å². The summed E-state index contributed by atoms with van der Waals surface area (Å²) >= 11 is 0. The van der Waals surface area contributed by atoms with Crippen molar-refractivity contribution in [3.05, 3.63) is 70.9 Å². The minimum absolute atomic E-state index is 0.129. The molecule has 1 aromatic heterocycles. The second kappa shape index (κ2) is 8.08. The van der Waals surface area contributed by atoms with Crippen LogP contribution in [0.4, 0.5) is 0 Å². The maximum atomic E-state index is 12.1. The Labute approximate surface area is 158 Å². The lowest BCUT2D eigenvalue weighted by Gasteiger charge is -2.15. The molecular formula is C22H24N2O3. The third-order valence-electron chi connectivity index (χ3n) is 4.78. The van der Waals surface area contributed by atoms with Gasteiger partial charge >= 0.3 is 5.97 Å². The molecule has 0 aliphatic rings. The van der Waals surface area contributed by atoms with E-state index in [-0.39, 0.29) is 25.0 Å². The van der Waals surface area contributed by atoms with Gasteiger partial charge in [-0.15, -0.1) is 0 Å². The van der Waals surface area contributed by atoms with Gasteiger partial charge in [-0.25, -0.2) is 0 Å². The first kappa shape index (κ1) is 18.7. The predicted octanol–water partition coefficient (Wildman–Crippen LogP) is 3.75. The van der Waals surface area contributed by atoms with Gasteiger partial charge in [0.2, 0.25) is 0 Å². The zero-order valence-corrected chi connectivity index (χ0v) is 15.8. The molecule has 0 unspecified atom stereocenters. The van der Waals surface area contributed by atoms with E-state index in [1.807, 2.05) is 50.2 Å². The lowest BCUT2D eigenvalue weighted by molar-refractivity contribution is -0.148. The number of fused-ring (bicyclic) bond motifs is 1. The Morgan fingerprint density at radius 3 is 2.67 bits per heavy atom. The SMILES string of the molecule is Cc1ccc([C@@H](C)NC(=O)COC(=O)Cc2c[nH]c3ccccc23)cc1C. The maximum absolute atomic E-state index is 12.1. The first-order chi connectivity index (χ1) is 12.9. The van der Waals surface area contributed by atoms with Crippen molar-refractivity contribution in [2.75, 3.05) is 6.61 Å². The largest absolute Gasteiger partial charge is 0.455 e. The minimum atomic E-state index is -0.422. The topological polar surface area (TPSA) is 71.2 Å². The third kappa shape index (κ3) is 4.56. The van der Waals surface area contributed by atoms with Gasteiger partial charge in [0.25, 0.3) is 5.91 Å². The van der Waals surface area contributed by atoms with E-state index >= 15 is 0 Å². The second-order valence-corrected chi connectivity index (χ2v) is 6.83. The van der Waals surface area contributed by atoms with Crippen LogP contribution in [-0.2, 0) is 20.7 Å². The Balaban J connectivity index is 1.51. The number of aromatic nitrogens is 1. The number of aryl methyl sites for hydroxylation is 2. The van der Waals surface area contributed by atoms with E-state index in [4.69, 9.17) is 4.74 Å². The molecular weight excluding hydrogens is 340 g/mol. The summed E-state index contributed by atoms with van der Waals surface area (Å²) in [6, 6.07) is 13.7. The van der Waals surface area contributed by atoms with Gasteiger partial charge in [0.1, 0.15) is 0 Å². The molecule has 3 aromatic rings. The number of ether oxygens (including phenoxy) is 1. The van der Waals surface area contributed by atoms with Crippen LogP contribution in [0, 0.1) is 13.8 Å². The predicted molar refractivity (Wildman–Crippen MR) is 105 cm³/mol. The Bertz CT molecular complexity index is 975. The van der Waals surface area contributed by atoms with Crippen molar-refractivity contribution in [2.24, 2.45) is 0 Å². The van der Waals surface area contributed by atoms with E-state index < -0.39 is 5.97 Å². The van der Waals surface area contributed by atoms with Crippen LogP contribution in [0.3, 0.4) is 0 Å². The van der Waals surface area contributed by atoms with Crippen molar-refractivity contribution in [2.45, 2.75) is 33.2 Å². The van der Waals surface area contributed by atoms with Crippen molar-refractivity contribution >= 4 is 22.8 Å². The first-order valence-corrected chi connectivity index (χ1v) is 9.01. The number of benzene rings is 2. The summed E-state index contributed by atoms with van der Waals surface area (Å²) in [6.07, 6.45) is 1.93. The van der Waals surface area contributed by atoms with Crippen molar-refractivity contribution in [3.8, 4) is 0 Å². The Morgan fingerprint density at radius 2 is 1.89 bits per heavy atom. The number of hydrogen-bond acceptors (Lipinski definition) is 3.